The minimum atomic E-state index is -1.10. The van der Waals surface area contributed by atoms with Gasteiger partial charge < -0.3 is 21.3 Å². The standard InChI is InChI=1S/C36H36N2O6/c37-36(44)30(22-25-8-17-31(39)18-9-25)23-33(40)32(19-21-35(42)43)38-34(41)20-10-24-6-11-27(12-7-24)29-15-13-28(14-16-29)26-4-2-1-3-5-26/h1-9,11-18,30,32,39H,10,19-23H2,(H2,37,44)(H,38,41)(H,42,43)/t30-,32+/m1/s1. The summed E-state index contributed by atoms with van der Waals surface area (Å²) in [4.78, 5) is 49.3. The van der Waals surface area contributed by atoms with E-state index >= 15 is 0 Å². The van der Waals surface area contributed by atoms with Crippen molar-refractivity contribution in [3.05, 3.63) is 114 Å². The molecule has 0 heterocycles. The van der Waals surface area contributed by atoms with Gasteiger partial charge in [-0.25, -0.2) is 0 Å². The molecule has 4 aromatic carbocycles. The molecular formula is C36H36N2O6. The van der Waals surface area contributed by atoms with E-state index in [0.29, 0.717) is 12.0 Å². The molecule has 4 aromatic rings. The summed E-state index contributed by atoms with van der Waals surface area (Å²) in [6, 6.07) is 31.6. The fraction of sp³-hybridized carbons (Fsp3) is 0.222. The summed E-state index contributed by atoms with van der Waals surface area (Å²) in [6.45, 7) is 0. The molecule has 2 atom stereocenters. The van der Waals surface area contributed by atoms with Crippen LogP contribution < -0.4 is 11.1 Å². The smallest absolute Gasteiger partial charge is 0.303 e. The number of rotatable bonds is 15. The number of phenols is 1. The van der Waals surface area contributed by atoms with Gasteiger partial charge in [0.25, 0.3) is 0 Å². The number of hydrogen-bond donors (Lipinski definition) is 4. The van der Waals surface area contributed by atoms with Crippen LogP contribution in [0.15, 0.2) is 103 Å². The highest BCUT2D eigenvalue weighted by atomic mass is 16.4. The van der Waals surface area contributed by atoms with Gasteiger partial charge in [0.05, 0.1) is 6.04 Å². The van der Waals surface area contributed by atoms with Crippen molar-refractivity contribution >= 4 is 23.6 Å². The molecule has 8 heteroatoms. The molecule has 4 rings (SSSR count). The van der Waals surface area contributed by atoms with Gasteiger partial charge in [-0.1, -0.05) is 91.0 Å². The van der Waals surface area contributed by atoms with Crippen molar-refractivity contribution in [2.75, 3.05) is 0 Å². The van der Waals surface area contributed by atoms with Gasteiger partial charge in [-0.2, -0.15) is 0 Å². The average Bonchev–Trinajstić information content (AvgIpc) is 3.03. The van der Waals surface area contributed by atoms with Crippen LogP contribution >= 0.6 is 0 Å². The first kappa shape index (κ1) is 31.7. The van der Waals surface area contributed by atoms with Crippen LogP contribution in [0.4, 0.5) is 0 Å². The second kappa shape index (κ2) is 15.3. The maximum absolute atomic E-state index is 13.1. The topological polar surface area (TPSA) is 147 Å². The van der Waals surface area contributed by atoms with E-state index in [1.54, 1.807) is 12.1 Å². The normalized spacial score (nSPS) is 12.2. The number of Topliss-reactive ketones (excluding diaryl/α,β-unsaturated/α-hetero) is 1. The van der Waals surface area contributed by atoms with Crippen molar-refractivity contribution in [3.8, 4) is 28.0 Å². The number of primary amides is 1. The fourth-order valence-corrected chi connectivity index (χ4v) is 5.03. The molecule has 0 aliphatic carbocycles. The minimum absolute atomic E-state index is 0.0710. The third kappa shape index (κ3) is 9.39. The van der Waals surface area contributed by atoms with Gasteiger partial charge in [0.2, 0.25) is 11.8 Å². The Bertz CT molecular complexity index is 1570. The number of aliphatic carboxylic acids is 1. The van der Waals surface area contributed by atoms with Crippen molar-refractivity contribution in [2.45, 2.75) is 44.6 Å². The number of carbonyl (C=O) groups is 4. The number of aryl methyl sites for hydroxylation is 1. The number of nitrogens with one attached hydrogen (secondary N) is 1. The summed E-state index contributed by atoms with van der Waals surface area (Å²) < 4.78 is 0. The van der Waals surface area contributed by atoms with Crippen molar-refractivity contribution in [1.82, 2.24) is 5.32 Å². The van der Waals surface area contributed by atoms with Crippen LogP contribution in [0.1, 0.15) is 36.8 Å². The number of amides is 2. The zero-order chi connectivity index (χ0) is 31.5. The number of carboxylic acids is 1. The lowest BCUT2D eigenvalue weighted by Gasteiger charge is -2.20. The van der Waals surface area contributed by atoms with E-state index in [0.717, 1.165) is 27.8 Å². The minimum Gasteiger partial charge on any atom is -0.508 e. The number of phenolic OH excluding ortho intramolecular Hbond substituents is 1. The van der Waals surface area contributed by atoms with Gasteiger partial charge in [-0.15, -0.1) is 0 Å². The number of carbonyl (C=O) groups excluding carboxylic acids is 3. The van der Waals surface area contributed by atoms with E-state index in [1.165, 1.54) is 12.1 Å². The molecule has 5 N–H and O–H groups in total. The van der Waals surface area contributed by atoms with Crippen LogP contribution in [0.25, 0.3) is 22.3 Å². The maximum atomic E-state index is 13.1. The van der Waals surface area contributed by atoms with Crippen LogP contribution in [-0.4, -0.2) is 39.8 Å². The van der Waals surface area contributed by atoms with Gasteiger partial charge >= 0.3 is 5.97 Å². The van der Waals surface area contributed by atoms with Crippen molar-refractivity contribution in [1.29, 1.82) is 0 Å². The zero-order valence-electron chi connectivity index (χ0n) is 24.3. The molecule has 8 nitrogen and oxygen atoms in total. The SMILES string of the molecule is NC(=O)[C@@H](CC(=O)[C@H](CCC(=O)O)NC(=O)CCc1ccc(-c2ccc(-c3ccccc3)cc2)cc1)Cc1ccc(O)cc1. The summed E-state index contributed by atoms with van der Waals surface area (Å²) in [5.74, 6) is -3.38. The van der Waals surface area contributed by atoms with Crippen LogP contribution in [0.5, 0.6) is 5.75 Å². The number of benzene rings is 4. The van der Waals surface area contributed by atoms with Crippen LogP contribution in [-0.2, 0) is 32.0 Å². The second-order valence-electron chi connectivity index (χ2n) is 10.8. The van der Waals surface area contributed by atoms with E-state index in [2.05, 4.69) is 41.7 Å². The summed E-state index contributed by atoms with van der Waals surface area (Å²) in [7, 11) is 0. The van der Waals surface area contributed by atoms with Crippen molar-refractivity contribution in [2.24, 2.45) is 11.7 Å². The third-order valence-electron chi connectivity index (χ3n) is 7.56. The summed E-state index contributed by atoms with van der Waals surface area (Å²) in [5.41, 5.74) is 11.6. The highest BCUT2D eigenvalue weighted by Gasteiger charge is 2.27. The Morgan fingerprint density at radius 1 is 0.682 bits per heavy atom. The molecule has 44 heavy (non-hydrogen) atoms. The molecule has 0 aliphatic heterocycles. The maximum Gasteiger partial charge on any atom is 0.303 e. The molecule has 226 valence electrons. The highest BCUT2D eigenvalue weighted by molar-refractivity contribution is 5.92. The summed E-state index contributed by atoms with van der Waals surface area (Å²) in [6.07, 6.45) is 0.0626. The van der Waals surface area contributed by atoms with E-state index < -0.39 is 29.6 Å². The molecule has 0 bridgehead atoms. The second-order valence-corrected chi connectivity index (χ2v) is 10.8. The zero-order valence-corrected chi connectivity index (χ0v) is 24.3. The van der Waals surface area contributed by atoms with Gasteiger partial charge in [-0.3, -0.25) is 19.2 Å². The Labute approximate surface area is 256 Å². The fourth-order valence-electron chi connectivity index (χ4n) is 5.03. The van der Waals surface area contributed by atoms with Crippen LogP contribution in [0.3, 0.4) is 0 Å². The molecule has 0 fully saturated rings. The Balaban J connectivity index is 1.33. The number of carboxylic acid groups (broad SMARTS) is 1. The molecule has 2 amide bonds. The molecule has 0 saturated heterocycles. The lowest BCUT2D eigenvalue weighted by molar-refractivity contribution is -0.138. The van der Waals surface area contributed by atoms with Gasteiger partial charge in [0, 0.05) is 25.2 Å². The number of aromatic hydroxyl groups is 1. The van der Waals surface area contributed by atoms with Gasteiger partial charge in [-0.05, 0) is 64.8 Å². The first-order valence-corrected chi connectivity index (χ1v) is 14.5. The largest absolute Gasteiger partial charge is 0.508 e. The lowest BCUT2D eigenvalue weighted by Crippen LogP contribution is -2.43. The van der Waals surface area contributed by atoms with E-state index in [-0.39, 0.29) is 43.8 Å². The monoisotopic (exact) mass is 592 g/mol. The quantitative estimate of drug-likeness (QED) is 0.147. The summed E-state index contributed by atoms with van der Waals surface area (Å²) in [5, 5.41) is 21.3. The predicted molar refractivity (Wildman–Crippen MR) is 169 cm³/mol. The van der Waals surface area contributed by atoms with Gasteiger partial charge in [0.15, 0.2) is 5.78 Å². The Morgan fingerprint density at radius 2 is 1.20 bits per heavy atom. The first-order valence-electron chi connectivity index (χ1n) is 14.5. The third-order valence-corrected chi connectivity index (χ3v) is 7.56. The predicted octanol–water partition coefficient (Wildman–Crippen LogP) is 5.31. The molecule has 0 saturated carbocycles. The number of nitrogens with two attached hydrogens (primary N) is 1. The molecule has 0 aromatic heterocycles. The van der Waals surface area contributed by atoms with Crippen molar-refractivity contribution in [3.63, 3.8) is 0 Å². The molecule has 0 radical (unpaired) electrons. The van der Waals surface area contributed by atoms with E-state index in [4.69, 9.17) is 10.8 Å². The number of hydrogen-bond acceptors (Lipinski definition) is 5. The number of ketones is 1. The average molecular weight is 593 g/mol. The van der Waals surface area contributed by atoms with Gasteiger partial charge in [0.1, 0.15) is 5.75 Å². The highest BCUT2D eigenvalue weighted by Crippen LogP contribution is 2.25. The molecule has 0 unspecified atom stereocenters. The molecule has 0 spiro atoms. The van der Waals surface area contributed by atoms with Crippen molar-refractivity contribution < 1.29 is 29.4 Å². The Morgan fingerprint density at radius 3 is 1.75 bits per heavy atom. The Kier molecular flexibility index (Phi) is 11.0. The van der Waals surface area contributed by atoms with Crippen LogP contribution in [0, 0.1) is 5.92 Å². The molecule has 0 aliphatic rings. The Hall–Kier alpha value is -5.24. The molecular weight excluding hydrogens is 556 g/mol. The summed E-state index contributed by atoms with van der Waals surface area (Å²) >= 11 is 0. The van der Waals surface area contributed by atoms with E-state index in [9.17, 15) is 24.3 Å². The van der Waals surface area contributed by atoms with E-state index in [1.807, 2.05) is 42.5 Å². The first-order chi connectivity index (χ1) is 21.2. The lowest BCUT2D eigenvalue weighted by atomic mass is 9.90. The van der Waals surface area contributed by atoms with Crippen LogP contribution in [0.2, 0.25) is 0 Å².